The highest BCUT2D eigenvalue weighted by atomic mass is 28.5. The highest BCUT2D eigenvalue weighted by Gasteiger charge is 2.33. The Morgan fingerprint density at radius 3 is 1.14 bits per heavy atom. The van der Waals surface area contributed by atoms with Crippen LogP contribution in [0.4, 0.5) is 0 Å². The van der Waals surface area contributed by atoms with Crippen molar-refractivity contribution in [1.82, 2.24) is 0 Å². The van der Waals surface area contributed by atoms with Gasteiger partial charge in [0.15, 0.2) is 0 Å². The number of benzene rings is 1. The first kappa shape index (κ1) is 20.8. The summed E-state index contributed by atoms with van der Waals surface area (Å²) in [6.45, 7) is 6.08. The largest absolute Gasteiger partial charge is 0.466 e. The SMILES string of the molecule is CC.Cc1ccccc1.O[SiH]1O[SiH](O)O[SiH](O)O[SiH](O)O1. The molecule has 0 spiro atoms. The number of hydrogen-bond donors (Lipinski definition) is 4. The van der Waals surface area contributed by atoms with Crippen molar-refractivity contribution in [3.63, 3.8) is 0 Å². The second kappa shape index (κ2) is 12.3. The van der Waals surface area contributed by atoms with Crippen molar-refractivity contribution in [3.8, 4) is 0 Å². The Balaban J connectivity index is 0.000000377. The number of hydrogen-bond acceptors (Lipinski definition) is 8. The van der Waals surface area contributed by atoms with Crippen molar-refractivity contribution in [3.05, 3.63) is 35.9 Å². The molecule has 1 heterocycles. The summed E-state index contributed by atoms with van der Waals surface area (Å²) in [5, 5.41) is 0. The van der Waals surface area contributed by atoms with Crippen molar-refractivity contribution in [2.45, 2.75) is 20.8 Å². The first-order chi connectivity index (χ1) is 9.97. The second-order valence-electron chi connectivity index (χ2n) is 3.43. The van der Waals surface area contributed by atoms with Gasteiger partial charge in [-0.05, 0) is 6.92 Å². The standard InChI is InChI=1S/C7H8.C2H6.H8O8Si4/c1-7-5-3-2-4-6-7;1-2;1-9-5-10(2)7-12(4)8-11(3)6-9/h2-6H,1H3;1-2H3;1-4,9-12H. The molecule has 2 rings (SSSR count). The lowest BCUT2D eigenvalue weighted by atomic mass is 10.2. The lowest BCUT2D eigenvalue weighted by molar-refractivity contribution is 0.133. The van der Waals surface area contributed by atoms with E-state index in [0.29, 0.717) is 0 Å². The molecule has 0 radical (unpaired) electrons. The molecule has 1 fully saturated rings. The Bertz CT molecular complexity index is 319. The Labute approximate surface area is 131 Å². The van der Waals surface area contributed by atoms with E-state index < -0.39 is 38.1 Å². The van der Waals surface area contributed by atoms with Gasteiger partial charge < -0.3 is 35.6 Å². The van der Waals surface area contributed by atoms with Crippen LogP contribution in [0.2, 0.25) is 0 Å². The summed E-state index contributed by atoms with van der Waals surface area (Å²) in [6.07, 6.45) is 0. The highest BCUT2D eigenvalue weighted by molar-refractivity contribution is 6.65. The van der Waals surface area contributed by atoms with E-state index in [-0.39, 0.29) is 0 Å². The number of rotatable bonds is 0. The molecule has 0 bridgehead atoms. The van der Waals surface area contributed by atoms with Crippen molar-refractivity contribution in [2.75, 3.05) is 0 Å². The lowest BCUT2D eigenvalue weighted by Gasteiger charge is -2.23. The molecule has 1 saturated heterocycles. The van der Waals surface area contributed by atoms with E-state index in [4.69, 9.17) is 19.2 Å². The third-order valence-electron chi connectivity index (χ3n) is 1.87. The second-order valence-corrected chi connectivity index (χ2v) is 10.2. The molecule has 0 atom stereocenters. The zero-order valence-corrected chi connectivity index (χ0v) is 16.7. The average molecular weight is 371 g/mol. The monoisotopic (exact) mass is 370 g/mol. The average Bonchev–Trinajstić information content (AvgIpc) is 2.40. The van der Waals surface area contributed by atoms with Gasteiger partial charge in [0.05, 0.1) is 0 Å². The van der Waals surface area contributed by atoms with Crippen LogP contribution in [0, 0.1) is 6.92 Å². The van der Waals surface area contributed by atoms with Gasteiger partial charge in [-0.25, -0.2) is 0 Å². The summed E-state index contributed by atoms with van der Waals surface area (Å²) in [6, 6.07) is 10.3. The maximum absolute atomic E-state index is 8.86. The van der Waals surface area contributed by atoms with Crippen LogP contribution >= 0.6 is 0 Å². The molecule has 1 aliphatic rings. The molecule has 0 amide bonds. The van der Waals surface area contributed by atoms with Crippen LogP contribution in [-0.2, 0) is 16.5 Å². The minimum Gasteiger partial charge on any atom is -0.393 e. The summed E-state index contributed by atoms with van der Waals surface area (Å²) < 4.78 is 17.8. The Morgan fingerprint density at radius 2 is 0.952 bits per heavy atom. The van der Waals surface area contributed by atoms with Gasteiger partial charge in [0.25, 0.3) is 0 Å². The van der Waals surface area contributed by atoms with Gasteiger partial charge in [-0.1, -0.05) is 49.7 Å². The minimum absolute atomic E-state index is 1.32. The summed E-state index contributed by atoms with van der Waals surface area (Å²) in [5.74, 6) is 0. The van der Waals surface area contributed by atoms with Crippen LogP contribution in [0.15, 0.2) is 30.3 Å². The molecular formula is C9H22O8Si4. The maximum Gasteiger partial charge on any atom is 0.466 e. The third-order valence-corrected chi connectivity index (χ3v) is 9.32. The topological polar surface area (TPSA) is 118 Å². The maximum atomic E-state index is 8.86. The summed E-state index contributed by atoms with van der Waals surface area (Å²) >= 11 is 0. The van der Waals surface area contributed by atoms with Crippen LogP contribution in [-0.4, -0.2) is 57.3 Å². The summed E-state index contributed by atoms with van der Waals surface area (Å²) in [5.41, 5.74) is 1.32. The van der Waals surface area contributed by atoms with Gasteiger partial charge in [-0.15, -0.1) is 0 Å². The molecule has 0 saturated carbocycles. The summed E-state index contributed by atoms with van der Waals surface area (Å²) in [7, 11) is -12.1. The van der Waals surface area contributed by atoms with E-state index in [1.54, 1.807) is 0 Å². The molecule has 122 valence electrons. The molecule has 1 aromatic rings. The minimum atomic E-state index is -3.03. The van der Waals surface area contributed by atoms with Crippen molar-refractivity contribution >= 4 is 38.1 Å². The molecule has 8 nitrogen and oxygen atoms in total. The smallest absolute Gasteiger partial charge is 0.393 e. The van der Waals surface area contributed by atoms with Gasteiger partial charge in [-0.3, -0.25) is 0 Å². The van der Waals surface area contributed by atoms with Crippen LogP contribution < -0.4 is 0 Å². The first-order valence-electron chi connectivity index (χ1n) is 6.33. The Morgan fingerprint density at radius 1 is 0.667 bits per heavy atom. The fourth-order valence-corrected chi connectivity index (χ4v) is 7.58. The van der Waals surface area contributed by atoms with Crippen molar-refractivity contribution < 1.29 is 35.6 Å². The van der Waals surface area contributed by atoms with E-state index >= 15 is 0 Å². The van der Waals surface area contributed by atoms with Crippen LogP contribution in [0.3, 0.4) is 0 Å². The zero-order valence-electron chi connectivity index (χ0n) is 12.1. The Hall–Kier alpha value is -0.232. The molecule has 1 aromatic carbocycles. The van der Waals surface area contributed by atoms with Gasteiger partial charge in [0, 0.05) is 0 Å². The predicted octanol–water partition coefficient (Wildman–Crippen LogP) is -2.07. The third kappa shape index (κ3) is 11.0. The van der Waals surface area contributed by atoms with Crippen molar-refractivity contribution in [2.24, 2.45) is 0 Å². The molecule has 12 heteroatoms. The molecule has 0 unspecified atom stereocenters. The summed E-state index contributed by atoms with van der Waals surface area (Å²) in [4.78, 5) is 35.4. The van der Waals surface area contributed by atoms with Gasteiger partial charge in [0.1, 0.15) is 0 Å². The van der Waals surface area contributed by atoms with Crippen molar-refractivity contribution in [1.29, 1.82) is 0 Å². The predicted molar refractivity (Wildman–Crippen MR) is 84.3 cm³/mol. The highest BCUT2D eigenvalue weighted by Crippen LogP contribution is 2.00. The fraction of sp³-hybridized carbons (Fsp3) is 0.333. The first-order valence-corrected chi connectivity index (χ1v) is 12.2. The van der Waals surface area contributed by atoms with E-state index in [0.717, 1.165) is 0 Å². The molecular weight excluding hydrogens is 348 g/mol. The van der Waals surface area contributed by atoms with E-state index in [9.17, 15) is 0 Å². The molecule has 21 heavy (non-hydrogen) atoms. The van der Waals surface area contributed by atoms with Gasteiger partial charge >= 0.3 is 38.1 Å². The van der Waals surface area contributed by atoms with E-state index in [1.165, 1.54) is 5.56 Å². The lowest BCUT2D eigenvalue weighted by Crippen LogP contribution is -2.49. The zero-order chi connectivity index (χ0) is 16.3. The number of aryl methyl sites for hydroxylation is 1. The van der Waals surface area contributed by atoms with E-state index in [2.05, 4.69) is 35.5 Å². The quantitative estimate of drug-likeness (QED) is 0.385. The van der Waals surface area contributed by atoms with Gasteiger partial charge in [0.2, 0.25) is 0 Å². The molecule has 1 aliphatic heterocycles. The fourth-order valence-electron chi connectivity index (χ4n) is 1.06. The molecule has 0 aliphatic carbocycles. The van der Waals surface area contributed by atoms with Crippen LogP contribution in [0.1, 0.15) is 19.4 Å². The Kier molecular flexibility index (Phi) is 12.2. The van der Waals surface area contributed by atoms with Crippen LogP contribution in [0.25, 0.3) is 0 Å². The molecule has 0 aromatic heterocycles. The normalized spacial score (nSPS) is 28.9. The van der Waals surface area contributed by atoms with Crippen LogP contribution in [0.5, 0.6) is 0 Å². The molecule has 4 N–H and O–H groups in total. The van der Waals surface area contributed by atoms with Gasteiger partial charge in [-0.2, -0.15) is 0 Å². The van der Waals surface area contributed by atoms with E-state index in [1.807, 2.05) is 32.0 Å².